The lowest BCUT2D eigenvalue weighted by molar-refractivity contribution is -0.116. The molecule has 0 radical (unpaired) electrons. The second kappa shape index (κ2) is 11.0. The summed E-state index contributed by atoms with van der Waals surface area (Å²) in [7, 11) is -3.79. The summed E-state index contributed by atoms with van der Waals surface area (Å²) >= 11 is 0. The van der Waals surface area contributed by atoms with Crippen molar-refractivity contribution in [3.05, 3.63) is 95.6 Å². The number of rotatable bonds is 8. The number of nitrogens with one attached hydrogen (secondary N) is 2. The largest absolute Gasteiger partial charge is 0.326 e. The first-order valence-electron chi connectivity index (χ1n) is 11.9. The maximum absolute atomic E-state index is 13.0. The standard InChI is InChI=1S/C28H32N2O3S/c1-21-12-18-26(19-13-21)34(32,33)30-27(24-10-6-3-7-11-24)20-28(31)29-25-16-14-23(15-17-25)22-8-4-2-5-9-22/h3,6-7,10-19,22,27,30H,2,4-5,8-9,20H2,1H3,(H,29,31)/t27-/m0/s1. The van der Waals surface area contributed by atoms with E-state index in [-0.39, 0.29) is 17.2 Å². The van der Waals surface area contributed by atoms with Gasteiger partial charge in [0.05, 0.1) is 10.9 Å². The lowest BCUT2D eigenvalue weighted by atomic mass is 9.84. The van der Waals surface area contributed by atoms with Crippen molar-refractivity contribution in [1.82, 2.24) is 4.72 Å². The SMILES string of the molecule is Cc1ccc(S(=O)(=O)N[C@@H](CC(=O)Nc2ccc(C3CCCCC3)cc2)c2ccccc2)cc1. The van der Waals surface area contributed by atoms with Crippen molar-refractivity contribution in [3.8, 4) is 0 Å². The molecule has 1 amide bonds. The van der Waals surface area contributed by atoms with Gasteiger partial charge in [0, 0.05) is 12.1 Å². The van der Waals surface area contributed by atoms with Gasteiger partial charge >= 0.3 is 0 Å². The monoisotopic (exact) mass is 476 g/mol. The number of aryl methyl sites for hydroxylation is 1. The molecule has 6 heteroatoms. The van der Waals surface area contributed by atoms with Crippen LogP contribution >= 0.6 is 0 Å². The molecule has 1 saturated carbocycles. The lowest BCUT2D eigenvalue weighted by Gasteiger charge is -2.22. The van der Waals surface area contributed by atoms with E-state index in [1.54, 1.807) is 24.3 Å². The molecule has 1 aliphatic carbocycles. The second-order valence-corrected chi connectivity index (χ2v) is 10.8. The van der Waals surface area contributed by atoms with Gasteiger partial charge < -0.3 is 5.32 Å². The highest BCUT2D eigenvalue weighted by Gasteiger charge is 2.24. The molecule has 0 unspecified atom stereocenters. The molecule has 2 N–H and O–H groups in total. The molecule has 0 spiro atoms. The van der Waals surface area contributed by atoms with Gasteiger partial charge in [-0.15, -0.1) is 0 Å². The first kappa shape index (κ1) is 24.2. The van der Waals surface area contributed by atoms with E-state index in [0.717, 1.165) is 16.8 Å². The van der Waals surface area contributed by atoms with Crippen LogP contribution in [-0.2, 0) is 14.8 Å². The third-order valence-electron chi connectivity index (χ3n) is 6.49. The van der Waals surface area contributed by atoms with Crippen molar-refractivity contribution >= 4 is 21.6 Å². The predicted octanol–water partition coefficient (Wildman–Crippen LogP) is 6.09. The highest BCUT2D eigenvalue weighted by molar-refractivity contribution is 7.89. The number of hydrogen-bond acceptors (Lipinski definition) is 3. The van der Waals surface area contributed by atoms with Crippen molar-refractivity contribution in [2.75, 3.05) is 5.32 Å². The minimum absolute atomic E-state index is 0.0144. The van der Waals surface area contributed by atoms with Crippen LogP contribution in [0.5, 0.6) is 0 Å². The van der Waals surface area contributed by atoms with Crippen LogP contribution in [0.2, 0.25) is 0 Å². The average molecular weight is 477 g/mol. The molecule has 4 rings (SSSR count). The topological polar surface area (TPSA) is 75.3 Å². The van der Waals surface area contributed by atoms with E-state index in [9.17, 15) is 13.2 Å². The number of carbonyl (C=O) groups is 1. The van der Waals surface area contributed by atoms with E-state index >= 15 is 0 Å². The van der Waals surface area contributed by atoms with Gasteiger partial charge in [0.15, 0.2) is 0 Å². The lowest BCUT2D eigenvalue weighted by Crippen LogP contribution is -2.31. The minimum atomic E-state index is -3.79. The predicted molar refractivity (Wildman–Crippen MR) is 136 cm³/mol. The summed E-state index contributed by atoms with van der Waals surface area (Å²) in [4.78, 5) is 13.1. The molecule has 0 bridgehead atoms. The Bertz CT molecular complexity index is 1180. The highest BCUT2D eigenvalue weighted by Crippen LogP contribution is 2.33. The van der Waals surface area contributed by atoms with Crippen LogP contribution in [0.4, 0.5) is 5.69 Å². The van der Waals surface area contributed by atoms with Crippen LogP contribution in [-0.4, -0.2) is 14.3 Å². The summed E-state index contributed by atoms with van der Waals surface area (Å²) in [6, 6.07) is 23.3. The van der Waals surface area contributed by atoms with Crippen molar-refractivity contribution in [3.63, 3.8) is 0 Å². The molecule has 34 heavy (non-hydrogen) atoms. The van der Waals surface area contributed by atoms with Crippen molar-refractivity contribution < 1.29 is 13.2 Å². The molecule has 0 saturated heterocycles. The van der Waals surface area contributed by atoms with Crippen molar-refractivity contribution in [2.45, 2.75) is 62.3 Å². The smallest absolute Gasteiger partial charge is 0.241 e. The van der Waals surface area contributed by atoms with E-state index in [1.165, 1.54) is 37.7 Å². The quantitative estimate of drug-likeness (QED) is 0.413. The summed E-state index contributed by atoms with van der Waals surface area (Å²) in [5.74, 6) is 0.364. The van der Waals surface area contributed by atoms with E-state index in [0.29, 0.717) is 5.92 Å². The summed E-state index contributed by atoms with van der Waals surface area (Å²) in [5.41, 5.74) is 3.76. The van der Waals surface area contributed by atoms with E-state index in [2.05, 4.69) is 22.2 Å². The highest BCUT2D eigenvalue weighted by atomic mass is 32.2. The Balaban J connectivity index is 1.46. The molecule has 0 aliphatic heterocycles. The zero-order chi connectivity index (χ0) is 24.0. The van der Waals surface area contributed by atoms with E-state index in [4.69, 9.17) is 0 Å². The fraction of sp³-hybridized carbons (Fsp3) is 0.321. The Kier molecular flexibility index (Phi) is 7.80. The first-order chi connectivity index (χ1) is 16.4. The van der Waals surface area contributed by atoms with Crippen LogP contribution in [0.15, 0.2) is 83.8 Å². The Labute approximate surface area is 202 Å². The number of anilines is 1. The Morgan fingerprint density at radius 2 is 1.53 bits per heavy atom. The molecule has 1 aliphatic rings. The number of carbonyl (C=O) groups excluding carboxylic acids is 1. The van der Waals surface area contributed by atoms with Crippen LogP contribution in [0.3, 0.4) is 0 Å². The van der Waals surface area contributed by atoms with Gasteiger partial charge in [-0.1, -0.05) is 79.4 Å². The fourth-order valence-corrected chi connectivity index (χ4v) is 5.78. The molecule has 3 aromatic rings. The summed E-state index contributed by atoms with van der Waals surface area (Å²) in [5, 5.41) is 2.93. The molecule has 1 atom stereocenters. The summed E-state index contributed by atoms with van der Waals surface area (Å²) in [6.07, 6.45) is 6.32. The maximum atomic E-state index is 13.0. The van der Waals surface area contributed by atoms with Crippen molar-refractivity contribution in [2.24, 2.45) is 0 Å². The molecule has 0 aromatic heterocycles. The van der Waals surface area contributed by atoms with Gasteiger partial charge in [-0.05, 0) is 61.1 Å². The third-order valence-corrected chi connectivity index (χ3v) is 7.98. The van der Waals surface area contributed by atoms with Gasteiger partial charge in [-0.3, -0.25) is 4.79 Å². The van der Waals surface area contributed by atoms with E-state index in [1.807, 2.05) is 49.4 Å². The van der Waals surface area contributed by atoms with E-state index < -0.39 is 16.1 Å². The molecular formula is C28H32N2O3S. The van der Waals surface area contributed by atoms with Gasteiger partial charge in [0.25, 0.3) is 0 Å². The molecule has 0 heterocycles. The van der Waals surface area contributed by atoms with Gasteiger partial charge in [0.1, 0.15) is 0 Å². The normalized spacial score (nSPS) is 15.6. The van der Waals surface area contributed by atoms with Gasteiger partial charge in [0.2, 0.25) is 15.9 Å². The van der Waals surface area contributed by atoms with Crippen LogP contribution in [0.1, 0.15) is 67.2 Å². The number of sulfonamides is 1. The Hall–Kier alpha value is -2.96. The van der Waals surface area contributed by atoms with Gasteiger partial charge in [-0.2, -0.15) is 0 Å². The Morgan fingerprint density at radius 1 is 0.882 bits per heavy atom. The van der Waals surface area contributed by atoms with Crippen molar-refractivity contribution in [1.29, 1.82) is 0 Å². The summed E-state index contributed by atoms with van der Waals surface area (Å²) in [6.45, 7) is 1.91. The zero-order valence-electron chi connectivity index (χ0n) is 19.5. The average Bonchev–Trinajstić information content (AvgIpc) is 2.85. The number of amides is 1. The van der Waals surface area contributed by atoms with Crippen LogP contribution < -0.4 is 10.0 Å². The fourth-order valence-electron chi connectivity index (χ4n) is 4.56. The zero-order valence-corrected chi connectivity index (χ0v) is 20.4. The molecular weight excluding hydrogens is 444 g/mol. The minimum Gasteiger partial charge on any atom is -0.326 e. The second-order valence-electron chi connectivity index (χ2n) is 9.11. The maximum Gasteiger partial charge on any atom is 0.241 e. The molecule has 178 valence electrons. The number of benzene rings is 3. The van der Waals surface area contributed by atoms with Gasteiger partial charge in [-0.25, -0.2) is 13.1 Å². The molecule has 1 fully saturated rings. The van der Waals surface area contributed by atoms with Crippen LogP contribution in [0, 0.1) is 6.92 Å². The summed E-state index contributed by atoms with van der Waals surface area (Å²) < 4.78 is 28.7. The van der Waals surface area contributed by atoms with Crippen LogP contribution in [0.25, 0.3) is 0 Å². The molecule has 3 aromatic carbocycles. The number of hydrogen-bond donors (Lipinski definition) is 2. The third kappa shape index (κ3) is 6.33. The first-order valence-corrected chi connectivity index (χ1v) is 13.4. The Morgan fingerprint density at radius 3 is 2.18 bits per heavy atom. The molecule has 5 nitrogen and oxygen atoms in total.